The number of hydrogen-bond donors (Lipinski definition) is 0. The Morgan fingerprint density at radius 1 is 1.31 bits per heavy atom. The number of carbonyl (C=O) groups excluding carboxylic acids is 2. The minimum absolute atomic E-state index is 0.00157. The van der Waals surface area contributed by atoms with Crippen LogP contribution in [0.1, 0.15) is 71.6 Å². The highest BCUT2D eigenvalue weighted by molar-refractivity contribution is 7.13. The second kappa shape index (κ2) is 9.02. The van der Waals surface area contributed by atoms with Gasteiger partial charge in [0.15, 0.2) is 5.82 Å². The smallest absolute Gasteiger partial charge is 0.265 e. The Hall–Kier alpha value is -2.29. The summed E-state index contributed by atoms with van der Waals surface area (Å²) in [5.41, 5.74) is 0.779. The second-order valence-corrected chi connectivity index (χ2v) is 9.06. The van der Waals surface area contributed by atoms with Gasteiger partial charge in [0.05, 0.1) is 10.7 Å². The molecule has 9 heteroatoms. The third-order valence-electron chi connectivity index (χ3n) is 5.18. The fraction of sp³-hybridized carbons (Fsp3) is 0.650. The first-order valence-electron chi connectivity index (χ1n) is 10.1. The second-order valence-electron chi connectivity index (χ2n) is 7.86. The van der Waals surface area contributed by atoms with Crippen molar-refractivity contribution >= 4 is 23.2 Å². The van der Waals surface area contributed by atoms with Crippen molar-refractivity contribution in [3.63, 3.8) is 0 Å². The summed E-state index contributed by atoms with van der Waals surface area (Å²) in [6, 6.07) is -0.00371. The summed E-state index contributed by atoms with van der Waals surface area (Å²) in [5.74, 6) is 1.41. The number of piperidine rings is 1. The van der Waals surface area contributed by atoms with E-state index in [1.807, 2.05) is 37.5 Å². The maximum atomic E-state index is 13.0. The summed E-state index contributed by atoms with van der Waals surface area (Å²) < 4.78 is 5.25. The standard InChI is InChI=1S/C20H29N5O3S/c1-12(2)19-22-17(23-28-19)8-10-25(15(5)26)16-7-6-9-24(11-16)20(27)18-13(3)21-14(4)29-18/h12,16H,6-11H2,1-5H3. The molecule has 1 aliphatic heterocycles. The average molecular weight is 420 g/mol. The van der Waals surface area contributed by atoms with Crippen molar-refractivity contribution in [3.8, 4) is 0 Å². The van der Waals surface area contributed by atoms with Crippen LogP contribution in [0.3, 0.4) is 0 Å². The molecule has 0 aromatic carbocycles. The molecule has 0 aliphatic carbocycles. The number of aromatic nitrogens is 3. The molecule has 0 saturated carbocycles. The van der Waals surface area contributed by atoms with E-state index >= 15 is 0 Å². The molecule has 2 aromatic heterocycles. The van der Waals surface area contributed by atoms with E-state index in [9.17, 15) is 9.59 Å². The molecule has 3 rings (SSSR count). The number of amides is 2. The first-order chi connectivity index (χ1) is 13.8. The molecular weight excluding hydrogens is 390 g/mol. The number of thiazole rings is 1. The van der Waals surface area contributed by atoms with E-state index < -0.39 is 0 Å². The Balaban J connectivity index is 1.66. The van der Waals surface area contributed by atoms with Gasteiger partial charge >= 0.3 is 0 Å². The minimum Gasteiger partial charge on any atom is -0.339 e. The molecular formula is C20H29N5O3S. The van der Waals surface area contributed by atoms with Crippen molar-refractivity contribution in [1.29, 1.82) is 0 Å². The van der Waals surface area contributed by atoms with Gasteiger partial charge in [0.2, 0.25) is 11.8 Å². The Kier molecular flexibility index (Phi) is 6.66. The first kappa shape index (κ1) is 21.4. The van der Waals surface area contributed by atoms with Crippen LogP contribution in [0.5, 0.6) is 0 Å². The molecule has 1 atom stereocenters. The molecule has 1 fully saturated rings. The fourth-order valence-electron chi connectivity index (χ4n) is 3.69. The summed E-state index contributed by atoms with van der Waals surface area (Å²) in [7, 11) is 0. The fourth-order valence-corrected chi connectivity index (χ4v) is 4.58. The Morgan fingerprint density at radius 3 is 2.66 bits per heavy atom. The number of carbonyl (C=O) groups is 2. The molecule has 3 heterocycles. The molecule has 2 amide bonds. The Morgan fingerprint density at radius 2 is 2.07 bits per heavy atom. The molecule has 2 aromatic rings. The van der Waals surface area contributed by atoms with Gasteiger partial charge < -0.3 is 14.3 Å². The maximum Gasteiger partial charge on any atom is 0.265 e. The van der Waals surface area contributed by atoms with Crippen LogP contribution in [0, 0.1) is 13.8 Å². The van der Waals surface area contributed by atoms with Gasteiger partial charge in [-0.15, -0.1) is 11.3 Å². The highest BCUT2D eigenvalue weighted by Crippen LogP contribution is 2.23. The van der Waals surface area contributed by atoms with Crippen molar-refractivity contribution in [3.05, 3.63) is 27.3 Å². The van der Waals surface area contributed by atoms with Gasteiger partial charge in [-0.25, -0.2) is 4.98 Å². The lowest BCUT2D eigenvalue weighted by molar-refractivity contribution is -0.132. The third kappa shape index (κ3) is 5.01. The van der Waals surface area contributed by atoms with Gasteiger partial charge in [0.25, 0.3) is 5.91 Å². The monoisotopic (exact) mass is 419 g/mol. The minimum atomic E-state index is -0.00371. The van der Waals surface area contributed by atoms with Crippen LogP contribution in [0.4, 0.5) is 0 Å². The first-order valence-corrected chi connectivity index (χ1v) is 10.9. The predicted octanol–water partition coefficient (Wildman–Crippen LogP) is 2.96. The SMILES string of the molecule is CC(=O)N(CCc1noc(C(C)C)n1)C1CCCN(C(=O)c2sc(C)nc2C)C1. The topological polar surface area (TPSA) is 92.4 Å². The molecule has 0 N–H and O–H groups in total. The van der Waals surface area contributed by atoms with Gasteiger partial charge in [-0.3, -0.25) is 9.59 Å². The molecule has 0 radical (unpaired) electrons. The van der Waals surface area contributed by atoms with Crippen molar-refractivity contribution in [1.82, 2.24) is 24.9 Å². The van der Waals surface area contributed by atoms with Crippen molar-refractivity contribution in [2.45, 2.75) is 65.8 Å². The number of hydrogen-bond acceptors (Lipinski definition) is 7. The summed E-state index contributed by atoms with van der Waals surface area (Å²) >= 11 is 1.43. The lowest BCUT2D eigenvalue weighted by atomic mass is 10.0. The van der Waals surface area contributed by atoms with Crippen LogP contribution in [-0.4, -0.2) is 62.4 Å². The van der Waals surface area contributed by atoms with Crippen LogP contribution in [0.15, 0.2) is 4.52 Å². The Bertz CT molecular complexity index is 875. The molecule has 0 spiro atoms. The van der Waals surface area contributed by atoms with Crippen LogP contribution >= 0.6 is 11.3 Å². The number of nitrogens with zero attached hydrogens (tertiary/aromatic N) is 5. The molecule has 158 valence electrons. The number of likely N-dealkylation sites (tertiary alicyclic amines) is 1. The van der Waals surface area contributed by atoms with E-state index in [0.717, 1.165) is 23.5 Å². The van der Waals surface area contributed by atoms with E-state index in [4.69, 9.17) is 4.52 Å². The Labute approximate surface area is 175 Å². The zero-order chi connectivity index (χ0) is 21.1. The summed E-state index contributed by atoms with van der Waals surface area (Å²) in [6.07, 6.45) is 2.29. The molecule has 29 heavy (non-hydrogen) atoms. The van der Waals surface area contributed by atoms with Crippen molar-refractivity contribution < 1.29 is 14.1 Å². The summed E-state index contributed by atoms with van der Waals surface area (Å²) in [4.78, 5) is 38.5. The highest BCUT2D eigenvalue weighted by atomic mass is 32.1. The van der Waals surface area contributed by atoms with Crippen LogP contribution in [0.2, 0.25) is 0 Å². The van der Waals surface area contributed by atoms with Gasteiger partial charge in [-0.1, -0.05) is 19.0 Å². The quantitative estimate of drug-likeness (QED) is 0.715. The molecule has 1 saturated heterocycles. The van der Waals surface area contributed by atoms with E-state index in [1.54, 1.807) is 6.92 Å². The van der Waals surface area contributed by atoms with Gasteiger partial charge in [-0.05, 0) is 26.7 Å². The van der Waals surface area contributed by atoms with Gasteiger partial charge in [0.1, 0.15) is 4.88 Å². The number of aryl methyl sites for hydroxylation is 2. The maximum absolute atomic E-state index is 13.0. The van der Waals surface area contributed by atoms with Crippen LogP contribution in [-0.2, 0) is 11.2 Å². The van der Waals surface area contributed by atoms with E-state index in [1.165, 1.54) is 11.3 Å². The molecule has 1 unspecified atom stereocenters. The van der Waals surface area contributed by atoms with Crippen LogP contribution < -0.4 is 0 Å². The van der Waals surface area contributed by atoms with E-state index in [2.05, 4.69) is 15.1 Å². The van der Waals surface area contributed by atoms with Gasteiger partial charge in [-0.2, -0.15) is 4.98 Å². The molecule has 0 bridgehead atoms. The highest BCUT2D eigenvalue weighted by Gasteiger charge is 2.31. The van der Waals surface area contributed by atoms with E-state index in [-0.39, 0.29) is 23.8 Å². The normalized spacial score (nSPS) is 17.0. The summed E-state index contributed by atoms with van der Waals surface area (Å²) in [5, 5.41) is 4.91. The van der Waals surface area contributed by atoms with Crippen molar-refractivity contribution in [2.75, 3.05) is 19.6 Å². The van der Waals surface area contributed by atoms with Crippen LogP contribution in [0.25, 0.3) is 0 Å². The number of rotatable bonds is 6. The molecule has 8 nitrogen and oxygen atoms in total. The lowest BCUT2D eigenvalue weighted by Gasteiger charge is -2.39. The zero-order valence-electron chi connectivity index (χ0n) is 17.8. The van der Waals surface area contributed by atoms with E-state index in [0.29, 0.717) is 42.6 Å². The predicted molar refractivity (Wildman–Crippen MR) is 110 cm³/mol. The lowest BCUT2D eigenvalue weighted by Crippen LogP contribution is -2.51. The largest absolute Gasteiger partial charge is 0.339 e. The summed E-state index contributed by atoms with van der Waals surface area (Å²) in [6.45, 7) is 11.1. The molecule has 1 aliphatic rings. The zero-order valence-corrected chi connectivity index (χ0v) is 18.6. The average Bonchev–Trinajstić information content (AvgIpc) is 3.27. The van der Waals surface area contributed by atoms with Crippen molar-refractivity contribution in [2.24, 2.45) is 0 Å². The van der Waals surface area contributed by atoms with Gasteiger partial charge in [0, 0.05) is 44.9 Å². The third-order valence-corrected chi connectivity index (χ3v) is 6.24.